The van der Waals surface area contributed by atoms with Gasteiger partial charge in [0.1, 0.15) is 0 Å². The topological polar surface area (TPSA) is 33.7 Å². The summed E-state index contributed by atoms with van der Waals surface area (Å²) in [6, 6.07) is 0. The van der Waals surface area contributed by atoms with Crippen molar-refractivity contribution in [2.45, 2.75) is 59.2 Å². The molecule has 20 heavy (non-hydrogen) atoms. The maximum absolute atomic E-state index is 6.11. The van der Waals surface area contributed by atoms with Crippen LogP contribution >= 0.6 is 0 Å². The molecule has 0 atom stereocenters. The van der Waals surface area contributed by atoms with Crippen LogP contribution in [0.15, 0.2) is 24.1 Å². The molecule has 0 amide bonds. The van der Waals surface area contributed by atoms with Crippen molar-refractivity contribution in [2.75, 3.05) is 13.6 Å². The van der Waals surface area contributed by atoms with E-state index < -0.39 is 0 Å². The number of nitrogens with one attached hydrogen (secondary N) is 1. The van der Waals surface area contributed by atoms with Gasteiger partial charge < -0.3 is 19.5 Å². The smallest absolute Gasteiger partial charge is 0.400 e. The Morgan fingerprint density at radius 2 is 1.70 bits per heavy atom. The van der Waals surface area contributed by atoms with E-state index in [4.69, 9.17) is 9.31 Å². The zero-order valence-electron chi connectivity index (χ0n) is 14.0. The summed E-state index contributed by atoms with van der Waals surface area (Å²) in [7, 11) is 1.63. The summed E-state index contributed by atoms with van der Waals surface area (Å²) >= 11 is 0. The summed E-state index contributed by atoms with van der Waals surface area (Å²) in [5.74, 6) is 0. The summed E-state index contributed by atoms with van der Waals surface area (Å²) < 4.78 is 12.2. The molecule has 1 N–H and O–H groups in total. The van der Waals surface area contributed by atoms with E-state index in [1.165, 1.54) is 0 Å². The maximum atomic E-state index is 6.11. The molecule has 0 aromatic carbocycles. The number of hydrogen-bond donors (Lipinski definition) is 1. The fourth-order valence-corrected chi connectivity index (χ4v) is 1.94. The zero-order chi connectivity index (χ0) is 15.4. The highest BCUT2D eigenvalue weighted by molar-refractivity contribution is 6.54. The molecule has 1 saturated heterocycles. The van der Waals surface area contributed by atoms with Crippen molar-refractivity contribution in [3.05, 3.63) is 24.1 Å². The van der Waals surface area contributed by atoms with Crippen LogP contribution in [0.4, 0.5) is 0 Å². The quantitative estimate of drug-likeness (QED) is 0.758. The van der Waals surface area contributed by atoms with Gasteiger partial charge in [0.25, 0.3) is 0 Å². The maximum Gasteiger partial charge on any atom is 0.492 e. The van der Waals surface area contributed by atoms with Gasteiger partial charge in [-0.25, -0.2) is 0 Å². The zero-order valence-corrected chi connectivity index (χ0v) is 14.0. The minimum absolute atomic E-state index is 0.262. The van der Waals surface area contributed by atoms with Crippen LogP contribution in [0.25, 0.3) is 0 Å². The van der Waals surface area contributed by atoms with Crippen molar-refractivity contribution in [1.82, 2.24) is 10.2 Å². The summed E-state index contributed by atoms with van der Waals surface area (Å²) in [5, 5.41) is 3.01. The normalized spacial score (nSPS) is 21.6. The molecule has 0 radical (unpaired) electrons. The van der Waals surface area contributed by atoms with Crippen molar-refractivity contribution in [1.29, 1.82) is 0 Å². The number of rotatable bonds is 6. The van der Waals surface area contributed by atoms with Gasteiger partial charge in [-0.05, 0) is 52.7 Å². The van der Waals surface area contributed by atoms with Crippen LogP contribution in [-0.2, 0) is 9.31 Å². The molecule has 0 bridgehead atoms. The minimum atomic E-state index is -0.288. The predicted octanol–water partition coefficient (Wildman–Crippen LogP) is 2.92. The Morgan fingerprint density at radius 1 is 1.15 bits per heavy atom. The van der Waals surface area contributed by atoms with E-state index in [1.807, 2.05) is 19.4 Å². The van der Waals surface area contributed by atoms with Gasteiger partial charge in [-0.2, -0.15) is 0 Å². The van der Waals surface area contributed by atoms with E-state index in [0.29, 0.717) is 0 Å². The molecular formula is C15H29BN2O2. The summed E-state index contributed by atoms with van der Waals surface area (Å²) in [6.45, 7) is 13.5. The lowest BCUT2D eigenvalue weighted by Gasteiger charge is -2.32. The van der Waals surface area contributed by atoms with Crippen molar-refractivity contribution < 1.29 is 9.31 Å². The second-order valence-corrected chi connectivity index (χ2v) is 6.08. The molecule has 0 aliphatic carbocycles. The van der Waals surface area contributed by atoms with Gasteiger partial charge in [0.05, 0.1) is 11.2 Å². The molecule has 0 aromatic heterocycles. The molecule has 1 fully saturated rings. The SMILES string of the molecule is CC/C(=C\N(/C=C\NC)CC)B1OC(C)(C)C(C)(C)O1. The molecule has 4 nitrogen and oxygen atoms in total. The van der Waals surface area contributed by atoms with Crippen molar-refractivity contribution >= 4 is 7.12 Å². The van der Waals surface area contributed by atoms with E-state index in [9.17, 15) is 0 Å². The lowest BCUT2D eigenvalue weighted by Crippen LogP contribution is -2.41. The van der Waals surface area contributed by atoms with E-state index in [0.717, 1.165) is 18.4 Å². The van der Waals surface area contributed by atoms with Crippen molar-refractivity contribution in [3.63, 3.8) is 0 Å². The molecule has 1 rings (SSSR count). The van der Waals surface area contributed by atoms with E-state index in [1.54, 1.807) is 0 Å². The van der Waals surface area contributed by atoms with Gasteiger partial charge in [-0.3, -0.25) is 0 Å². The highest BCUT2D eigenvalue weighted by atomic mass is 16.7. The highest BCUT2D eigenvalue weighted by Crippen LogP contribution is 2.39. The molecule has 114 valence electrons. The number of hydrogen-bond acceptors (Lipinski definition) is 4. The molecular weight excluding hydrogens is 251 g/mol. The first-order valence-electron chi connectivity index (χ1n) is 7.43. The Morgan fingerprint density at radius 3 is 2.10 bits per heavy atom. The molecule has 0 aromatic rings. The number of allylic oxidation sites excluding steroid dienone is 1. The second-order valence-electron chi connectivity index (χ2n) is 6.08. The lowest BCUT2D eigenvalue weighted by molar-refractivity contribution is 0.00578. The fourth-order valence-electron chi connectivity index (χ4n) is 1.94. The van der Waals surface area contributed by atoms with Gasteiger partial charge in [0.2, 0.25) is 0 Å². The first-order valence-corrected chi connectivity index (χ1v) is 7.43. The Labute approximate surface area is 124 Å². The molecule has 1 heterocycles. The van der Waals surface area contributed by atoms with Crippen LogP contribution < -0.4 is 5.32 Å². The van der Waals surface area contributed by atoms with Gasteiger partial charge in [0.15, 0.2) is 0 Å². The van der Waals surface area contributed by atoms with Crippen LogP contribution in [0.2, 0.25) is 0 Å². The Kier molecular flexibility index (Phi) is 5.72. The average molecular weight is 280 g/mol. The minimum Gasteiger partial charge on any atom is -0.400 e. The average Bonchev–Trinajstić information content (AvgIpc) is 2.59. The lowest BCUT2D eigenvalue weighted by atomic mass is 9.77. The standard InChI is InChI=1S/C15H29BN2O2/c1-8-13(12-18(9-2)11-10-17-7)16-19-14(3,4)15(5,6)20-16/h10-12,17H,8-9H2,1-7H3/b11-10-,13-12+. The summed E-state index contributed by atoms with van der Waals surface area (Å²) in [5.41, 5.74) is 0.583. The largest absolute Gasteiger partial charge is 0.492 e. The predicted molar refractivity (Wildman–Crippen MR) is 85.0 cm³/mol. The summed E-state index contributed by atoms with van der Waals surface area (Å²) in [4.78, 5) is 2.13. The van der Waals surface area contributed by atoms with Crippen LogP contribution in [0.1, 0.15) is 48.0 Å². The Hall–Kier alpha value is -0.935. The highest BCUT2D eigenvalue weighted by Gasteiger charge is 2.52. The molecule has 1 aliphatic heterocycles. The number of nitrogens with zero attached hydrogens (tertiary/aromatic N) is 1. The van der Waals surface area contributed by atoms with Crippen LogP contribution in [-0.4, -0.2) is 36.8 Å². The first-order chi connectivity index (χ1) is 9.27. The Bertz CT molecular complexity index is 362. The van der Waals surface area contributed by atoms with E-state index >= 15 is 0 Å². The third kappa shape index (κ3) is 3.80. The van der Waals surface area contributed by atoms with Gasteiger partial charge >= 0.3 is 7.12 Å². The van der Waals surface area contributed by atoms with Crippen molar-refractivity contribution in [2.24, 2.45) is 0 Å². The first kappa shape index (κ1) is 17.1. The van der Waals surface area contributed by atoms with Crippen molar-refractivity contribution in [3.8, 4) is 0 Å². The monoisotopic (exact) mass is 280 g/mol. The fraction of sp³-hybridized carbons (Fsp3) is 0.733. The van der Waals surface area contributed by atoms with Crippen LogP contribution in [0.3, 0.4) is 0 Å². The molecule has 5 heteroatoms. The second kappa shape index (κ2) is 6.68. The van der Waals surface area contributed by atoms with Crippen LogP contribution in [0, 0.1) is 0 Å². The Balaban J connectivity index is 2.89. The van der Waals surface area contributed by atoms with E-state index in [2.05, 4.69) is 58.0 Å². The summed E-state index contributed by atoms with van der Waals surface area (Å²) in [6.07, 6.45) is 6.95. The molecule has 1 aliphatic rings. The van der Waals surface area contributed by atoms with Gasteiger partial charge in [0, 0.05) is 26.0 Å². The van der Waals surface area contributed by atoms with Gasteiger partial charge in [-0.15, -0.1) is 0 Å². The molecule has 0 unspecified atom stereocenters. The third-order valence-corrected chi connectivity index (χ3v) is 4.09. The molecule has 0 saturated carbocycles. The third-order valence-electron chi connectivity index (χ3n) is 4.09. The molecule has 0 spiro atoms. The van der Waals surface area contributed by atoms with Crippen LogP contribution in [0.5, 0.6) is 0 Å². The van der Waals surface area contributed by atoms with Gasteiger partial charge in [-0.1, -0.05) is 6.92 Å². The van der Waals surface area contributed by atoms with E-state index in [-0.39, 0.29) is 18.3 Å².